The molecule has 0 unspecified atom stereocenters. The van der Waals surface area contributed by atoms with Crippen LogP contribution in [0.15, 0.2) is 36.4 Å². The Balaban J connectivity index is 1.60. The highest BCUT2D eigenvalue weighted by Crippen LogP contribution is 2.61. The van der Waals surface area contributed by atoms with Gasteiger partial charge in [-0.1, -0.05) is 35.9 Å². The number of imide groups is 1. The van der Waals surface area contributed by atoms with Gasteiger partial charge in [-0.3, -0.25) is 19.3 Å². The Kier molecular flexibility index (Phi) is 3.79. The van der Waals surface area contributed by atoms with Gasteiger partial charge >= 0.3 is 0 Å². The summed E-state index contributed by atoms with van der Waals surface area (Å²) in [5, 5.41) is 3.42. The predicted molar refractivity (Wildman–Crippen MR) is 117 cm³/mol. The molecule has 0 radical (unpaired) electrons. The first-order valence-corrected chi connectivity index (χ1v) is 11.1. The second-order valence-corrected chi connectivity index (χ2v) is 9.50. The number of carbonyl (C=O) groups is 3. The van der Waals surface area contributed by atoms with Crippen molar-refractivity contribution in [1.29, 1.82) is 0 Å². The number of nitrogens with one attached hydrogen (secondary N) is 1. The molecule has 3 saturated heterocycles. The van der Waals surface area contributed by atoms with Crippen molar-refractivity contribution in [2.75, 3.05) is 16.8 Å². The molecule has 4 atom stereocenters. The Hall–Kier alpha value is -2.70. The third-order valence-corrected chi connectivity index (χ3v) is 7.85. The number of fused-ring (bicyclic) bond motifs is 7. The minimum absolute atomic E-state index is 0.133. The number of aryl methyl sites for hydroxylation is 2. The summed E-state index contributed by atoms with van der Waals surface area (Å²) in [6, 6.07) is 11.0. The van der Waals surface area contributed by atoms with Crippen LogP contribution in [0.4, 0.5) is 11.4 Å². The maximum absolute atomic E-state index is 13.9. The lowest BCUT2D eigenvalue weighted by Gasteiger charge is -2.37. The molecule has 6 rings (SSSR count). The molecule has 3 amide bonds. The molecule has 0 aromatic heterocycles. The van der Waals surface area contributed by atoms with Crippen molar-refractivity contribution in [2.24, 2.45) is 11.8 Å². The van der Waals surface area contributed by atoms with Gasteiger partial charge in [0, 0.05) is 11.6 Å². The first-order valence-electron chi connectivity index (χ1n) is 10.7. The van der Waals surface area contributed by atoms with E-state index in [-0.39, 0.29) is 23.8 Å². The molecule has 4 heterocycles. The molecule has 2 aromatic rings. The normalized spacial score (nSPS) is 31.4. The lowest BCUT2D eigenvalue weighted by Crippen LogP contribution is -2.54. The Morgan fingerprint density at radius 3 is 2.65 bits per heavy atom. The van der Waals surface area contributed by atoms with Gasteiger partial charge in [-0.2, -0.15) is 0 Å². The van der Waals surface area contributed by atoms with E-state index in [1.54, 1.807) is 6.07 Å². The Morgan fingerprint density at radius 1 is 1.10 bits per heavy atom. The van der Waals surface area contributed by atoms with Crippen molar-refractivity contribution in [3.8, 4) is 0 Å². The van der Waals surface area contributed by atoms with E-state index >= 15 is 0 Å². The van der Waals surface area contributed by atoms with E-state index in [2.05, 4.69) is 10.2 Å². The smallest absolute Gasteiger partial charge is 0.250 e. The Morgan fingerprint density at radius 2 is 1.87 bits per heavy atom. The van der Waals surface area contributed by atoms with Crippen molar-refractivity contribution in [1.82, 2.24) is 4.90 Å². The fourth-order valence-electron chi connectivity index (χ4n) is 6.45. The summed E-state index contributed by atoms with van der Waals surface area (Å²) in [4.78, 5) is 44.8. The Bertz CT molecular complexity index is 1190. The van der Waals surface area contributed by atoms with Crippen LogP contribution in [0, 0.1) is 25.7 Å². The van der Waals surface area contributed by atoms with Gasteiger partial charge in [0.15, 0.2) is 0 Å². The predicted octanol–water partition coefficient (Wildman–Crippen LogP) is 3.39. The molecule has 4 aliphatic rings. The zero-order chi connectivity index (χ0) is 21.7. The summed E-state index contributed by atoms with van der Waals surface area (Å²) in [7, 11) is 0. The van der Waals surface area contributed by atoms with Gasteiger partial charge in [0.05, 0.1) is 28.2 Å². The molecule has 4 aliphatic heterocycles. The van der Waals surface area contributed by atoms with Crippen molar-refractivity contribution in [3.05, 3.63) is 58.1 Å². The molecule has 1 N–H and O–H groups in total. The average Bonchev–Trinajstić information content (AvgIpc) is 3.42. The minimum atomic E-state index is -1.19. The fraction of sp³-hybridized carbons (Fsp3) is 0.375. The summed E-state index contributed by atoms with van der Waals surface area (Å²) in [5.74, 6) is -2.03. The molecule has 1 spiro atoms. The van der Waals surface area contributed by atoms with Crippen LogP contribution < -0.4 is 10.2 Å². The zero-order valence-electron chi connectivity index (χ0n) is 17.3. The third-order valence-electron chi connectivity index (χ3n) is 7.55. The molecule has 0 saturated carbocycles. The number of amides is 3. The van der Waals surface area contributed by atoms with E-state index in [0.29, 0.717) is 22.9 Å². The first-order chi connectivity index (χ1) is 14.9. The topological polar surface area (TPSA) is 69.7 Å². The van der Waals surface area contributed by atoms with Gasteiger partial charge in [-0.15, -0.1) is 0 Å². The van der Waals surface area contributed by atoms with Crippen LogP contribution in [0.25, 0.3) is 0 Å². The largest absolute Gasteiger partial charge is 0.323 e. The summed E-state index contributed by atoms with van der Waals surface area (Å²) in [6.45, 7) is 4.50. The van der Waals surface area contributed by atoms with Gasteiger partial charge in [0.1, 0.15) is 5.54 Å². The molecule has 6 nitrogen and oxygen atoms in total. The standard InChI is InChI=1S/C24H22ClN3O3/c1-12-10-14-20(15(25)11-12)26-23(31)24(14)19-18(17-8-5-9-27(17)24)21(29)28(22(19)30)16-7-4-3-6-13(16)2/h3-4,6-7,10-11,17-19H,5,8-9H2,1-2H3,(H,26,31)/t17-,18-,19-,24+/m0/s1. The number of carbonyl (C=O) groups excluding carboxylic acids is 3. The molecule has 7 heteroatoms. The number of anilines is 2. The second-order valence-electron chi connectivity index (χ2n) is 9.09. The van der Waals surface area contributed by atoms with E-state index < -0.39 is 17.4 Å². The van der Waals surface area contributed by atoms with E-state index in [1.165, 1.54) is 4.90 Å². The quantitative estimate of drug-likeness (QED) is 0.697. The van der Waals surface area contributed by atoms with Crippen LogP contribution >= 0.6 is 11.6 Å². The van der Waals surface area contributed by atoms with E-state index in [1.807, 2.05) is 44.2 Å². The number of hydrogen-bond donors (Lipinski definition) is 1. The van der Waals surface area contributed by atoms with Gasteiger partial charge < -0.3 is 5.32 Å². The van der Waals surface area contributed by atoms with Crippen LogP contribution in [0.5, 0.6) is 0 Å². The van der Waals surface area contributed by atoms with Crippen LogP contribution in [0.2, 0.25) is 5.02 Å². The molecule has 0 aliphatic carbocycles. The SMILES string of the molecule is Cc1cc(Cl)c2c(c1)[C@]1(C(=O)N2)[C@@H]2C(=O)N(c3ccccc3C)C(=O)[C@H]2[C@@H]2CCCN21. The van der Waals surface area contributed by atoms with E-state index in [0.717, 1.165) is 29.5 Å². The highest BCUT2D eigenvalue weighted by Gasteiger charge is 2.74. The summed E-state index contributed by atoms with van der Waals surface area (Å²) in [5.41, 5.74) is 2.49. The van der Waals surface area contributed by atoms with Crippen molar-refractivity contribution in [2.45, 2.75) is 38.3 Å². The van der Waals surface area contributed by atoms with Gasteiger partial charge in [-0.25, -0.2) is 4.90 Å². The monoisotopic (exact) mass is 435 g/mol. The van der Waals surface area contributed by atoms with Crippen LogP contribution in [0.1, 0.15) is 29.5 Å². The maximum atomic E-state index is 13.9. The third kappa shape index (κ3) is 2.14. The molecule has 2 aromatic carbocycles. The molecule has 158 valence electrons. The summed E-state index contributed by atoms with van der Waals surface area (Å²) in [6.07, 6.45) is 1.69. The molecular formula is C24H22ClN3O3. The van der Waals surface area contributed by atoms with Crippen molar-refractivity contribution >= 4 is 40.7 Å². The minimum Gasteiger partial charge on any atom is -0.323 e. The van der Waals surface area contributed by atoms with Crippen LogP contribution in [0.3, 0.4) is 0 Å². The molecule has 3 fully saturated rings. The first kappa shape index (κ1) is 19.0. The number of rotatable bonds is 1. The molecule has 0 bridgehead atoms. The zero-order valence-corrected chi connectivity index (χ0v) is 18.1. The summed E-state index contributed by atoms with van der Waals surface area (Å²) >= 11 is 6.50. The highest BCUT2D eigenvalue weighted by atomic mass is 35.5. The van der Waals surface area contributed by atoms with E-state index in [9.17, 15) is 14.4 Å². The number of nitrogens with zero attached hydrogens (tertiary/aromatic N) is 2. The van der Waals surface area contributed by atoms with Crippen molar-refractivity contribution in [3.63, 3.8) is 0 Å². The number of halogens is 1. The lowest BCUT2D eigenvalue weighted by molar-refractivity contribution is -0.135. The van der Waals surface area contributed by atoms with Gasteiger partial charge in [-0.05, 0) is 56.5 Å². The van der Waals surface area contributed by atoms with Crippen LogP contribution in [-0.2, 0) is 19.9 Å². The summed E-state index contributed by atoms with van der Waals surface area (Å²) < 4.78 is 0. The highest BCUT2D eigenvalue weighted by molar-refractivity contribution is 6.35. The number of benzene rings is 2. The number of para-hydroxylation sites is 1. The fourth-order valence-corrected chi connectivity index (χ4v) is 6.77. The maximum Gasteiger partial charge on any atom is 0.250 e. The van der Waals surface area contributed by atoms with E-state index in [4.69, 9.17) is 11.6 Å². The second kappa shape index (κ2) is 6.17. The number of hydrogen-bond acceptors (Lipinski definition) is 4. The van der Waals surface area contributed by atoms with Gasteiger partial charge in [0.25, 0.3) is 5.91 Å². The van der Waals surface area contributed by atoms with Crippen LogP contribution in [-0.4, -0.2) is 35.2 Å². The average molecular weight is 436 g/mol. The molecular weight excluding hydrogens is 414 g/mol. The van der Waals surface area contributed by atoms with Crippen molar-refractivity contribution < 1.29 is 14.4 Å². The van der Waals surface area contributed by atoms with Gasteiger partial charge in [0.2, 0.25) is 11.8 Å². The molecule has 31 heavy (non-hydrogen) atoms. The lowest BCUT2D eigenvalue weighted by atomic mass is 9.75. The Labute approximate surface area is 185 Å².